The maximum absolute atomic E-state index is 13.5. The number of halogens is 1. The molecule has 5 nitrogen and oxygen atoms in total. The van der Waals surface area contributed by atoms with Gasteiger partial charge in [-0.25, -0.2) is 12.8 Å². The van der Waals surface area contributed by atoms with Crippen LogP contribution in [0.5, 0.6) is 0 Å². The van der Waals surface area contributed by atoms with Crippen molar-refractivity contribution in [1.29, 1.82) is 5.26 Å². The number of aliphatic hydroxyl groups excluding tert-OH is 1. The number of benzene rings is 1. The second-order valence-electron chi connectivity index (χ2n) is 3.17. The van der Waals surface area contributed by atoms with Crippen LogP contribution in [0.4, 0.5) is 10.1 Å². The Balaban J connectivity index is 2.96. The van der Waals surface area contributed by atoms with E-state index in [1.807, 2.05) is 0 Å². The fourth-order valence-electron chi connectivity index (χ4n) is 1.12. The van der Waals surface area contributed by atoms with Gasteiger partial charge in [-0.3, -0.25) is 4.72 Å². The van der Waals surface area contributed by atoms with Gasteiger partial charge in [-0.2, -0.15) is 5.26 Å². The topological polar surface area (TPSA) is 90.2 Å². The monoisotopic (exact) mass is 268 g/mol. The van der Waals surface area contributed by atoms with Gasteiger partial charge in [0.15, 0.2) is 5.75 Å². The van der Waals surface area contributed by atoms with Crippen molar-refractivity contribution in [2.75, 3.05) is 17.1 Å². The normalized spacial score (nSPS) is 10.1. The molecule has 0 saturated carbocycles. The van der Waals surface area contributed by atoms with Gasteiger partial charge in [0.2, 0.25) is 10.0 Å². The van der Waals surface area contributed by atoms with Crippen molar-refractivity contribution in [3.63, 3.8) is 0 Å². The van der Waals surface area contributed by atoms with Gasteiger partial charge in [0.25, 0.3) is 0 Å². The summed E-state index contributed by atoms with van der Waals surface area (Å²) in [5, 5.41) is 16.8. The summed E-state index contributed by atoms with van der Waals surface area (Å²) in [5.74, 6) is 3.23. The van der Waals surface area contributed by atoms with Crippen molar-refractivity contribution in [2.24, 2.45) is 0 Å². The Bertz CT molecular complexity index is 638. The maximum Gasteiger partial charge on any atom is 0.246 e. The predicted molar refractivity (Wildman–Crippen MR) is 63.4 cm³/mol. The summed E-state index contributed by atoms with van der Waals surface area (Å²) in [7, 11) is -3.79. The van der Waals surface area contributed by atoms with E-state index >= 15 is 0 Å². The van der Waals surface area contributed by atoms with E-state index in [2.05, 4.69) is 16.6 Å². The van der Waals surface area contributed by atoms with E-state index in [9.17, 15) is 12.8 Å². The Morgan fingerprint density at radius 2 is 2.17 bits per heavy atom. The molecule has 0 bridgehead atoms. The summed E-state index contributed by atoms with van der Waals surface area (Å²) in [6.45, 7) is -0.393. The van der Waals surface area contributed by atoms with E-state index in [1.54, 1.807) is 0 Å². The standard InChI is InChI=1S/C11H9FN2O3S/c12-11-8-10(14-18(16,17)7-5-13)4-3-9(11)2-1-6-15/h3-4,8,14-15H,6-7H2. The molecule has 0 aliphatic rings. The third-order valence-corrected chi connectivity index (χ3v) is 2.85. The van der Waals surface area contributed by atoms with Gasteiger partial charge < -0.3 is 5.11 Å². The molecule has 7 heteroatoms. The Morgan fingerprint density at radius 3 is 2.72 bits per heavy atom. The Labute approximate surface area is 104 Å². The number of hydrogen-bond donors (Lipinski definition) is 2. The fraction of sp³-hybridized carbons (Fsp3) is 0.182. The fourth-order valence-corrected chi connectivity index (χ4v) is 1.84. The van der Waals surface area contributed by atoms with Gasteiger partial charge >= 0.3 is 0 Å². The molecule has 1 rings (SSSR count). The van der Waals surface area contributed by atoms with E-state index in [0.29, 0.717) is 0 Å². The largest absolute Gasteiger partial charge is 0.384 e. The number of anilines is 1. The SMILES string of the molecule is N#CCS(=O)(=O)Nc1ccc(C#CCO)c(F)c1. The molecular formula is C11H9FN2O3S. The highest BCUT2D eigenvalue weighted by Gasteiger charge is 2.10. The maximum atomic E-state index is 13.5. The average molecular weight is 268 g/mol. The number of hydrogen-bond acceptors (Lipinski definition) is 4. The average Bonchev–Trinajstić information content (AvgIpc) is 2.27. The molecule has 0 aliphatic heterocycles. The molecule has 1 aromatic carbocycles. The van der Waals surface area contributed by atoms with Crippen molar-refractivity contribution in [3.05, 3.63) is 29.6 Å². The lowest BCUT2D eigenvalue weighted by atomic mass is 10.2. The zero-order valence-electron chi connectivity index (χ0n) is 9.14. The van der Waals surface area contributed by atoms with Crippen molar-refractivity contribution in [1.82, 2.24) is 0 Å². The molecule has 0 aromatic heterocycles. The summed E-state index contributed by atoms with van der Waals surface area (Å²) in [6.07, 6.45) is 0. The first-order chi connectivity index (χ1) is 8.48. The lowest BCUT2D eigenvalue weighted by Crippen LogP contribution is -2.15. The third kappa shape index (κ3) is 4.06. The summed E-state index contributed by atoms with van der Waals surface area (Å²) < 4.78 is 38.0. The first-order valence-electron chi connectivity index (χ1n) is 4.75. The summed E-state index contributed by atoms with van der Waals surface area (Å²) in [6, 6.07) is 5.04. The van der Waals surface area contributed by atoms with E-state index in [1.165, 1.54) is 18.2 Å². The van der Waals surface area contributed by atoms with Crippen LogP contribution in [-0.2, 0) is 10.0 Å². The summed E-state index contributed by atoms with van der Waals surface area (Å²) >= 11 is 0. The van der Waals surface area contributed by atoms with Crippen LogP contribution in [0.3, 0.4) is 0 Å². The molecule has 0 fully saturated rings. The lowest BCUT2D eigenvalue weighted by molar-refractivity contribution is 0.350. The minimum absolute atomic E-state index is 0.0114. The number of nitrogens with zero attached hydrogens (tertiary/aromatic N) is 1. The van der Waals surface area contributed by atoms with Gasteiger partial charge in [-0.15, -0.1) is 0 Å². The number of nitrogens with one attached hydrogen (secondary N) is 1. The van der Waals surface area contributed by atoms with Crippen LogP contribution in [0, 0.1) is 29.0 Å². The predicted octanol–water partition coefficient (Wildman–Crippen LogP) is 0.435. The zero-order chi connectivity index (χ0) is 13.6. The Kier molecular flexibility index (Phi) is 4.67. The van der Waals surface area contributed by atoms with E-state index < -0.39 is 28.2 Å². The van der Waals surface area contributed by atoms with Crippen molar-refractivity contribution in [2.45, 2.75) is 0 Å². The molecule has 0 amide bonds. The van der Waals surface area contributed by atoms with Crippen LogP contribution in [0.15, 0.2) is 18.2 Å². The summed E-state index contributed by atoms with van der Waals surface area (Å²) in [4.78, 5) is 0. The molecule has 0 aliphatic carbocycles. The highest BCUT2D eigenvalue weighted by Crippen LogP contribution is 2.15. The first-order valence-corrected chi connectivity index (χ1v) is 6.40. The number of sulfonamides is 1. The van der Waals surface area contributed by atoms with Gasteiger partial charge in [0.1, 0.15) is 12.4 Å². The minimum atomic E-state index is -3.79. The summed E-state index contributed by atoms with van der Waals surface area (Å²) in [5.41, 5.74) is 0.0598. The van der Waals surface area contributed by atoms with Gasteiger partial charge in [0, 0.05) is 0 Å². The number of nitriles is 1. The Hall–Kier alpha value is -2.09. The molecule has 0 saturated heterocycles. The quantitative estimate of drug-likeness (QED) is 0.778. The second-order valence-corrected chi connectivity index (χ2v) is 4.90. The lowest BCUT2D eigenvalue weighted by Gasteiger charge is -2.05. The molecule has 94 valence electrons. The molecule has 18 heavy (non-hydrogen) atoms. The number of aliphatic hydroxyl groups is 1. The van der Waals surface area contributed by atoms with Crippen molar-refractivity contribution in [3.8, 4) is 17.9 Å². The van der Waals surface area contributed by atoms with Crippen LogP contribution in [0.25, 0.3) is 0 Å². The van der Waals surface area contributed by atoms with Crippen LogP contribution >= 0.6 is 0 Å². The molecular weight excluding hydrogens is 259 g/mol. The number of rotatable bonds is 3. The van der Waals surface area contributed by atoms with Gasteiger partial charge in [-0.1, -0.05) is 11.8 Å². The first kappa shape index (κ1) is 14.0. The minimum Gasteiger partial charge on any atom is -0.384 e. The smallest absolute Gasteiger partial charge is 0.246 e. The van der Waals surface area contributed by atoms with E-state index in [4.69, 9.17) is 10.4 Å². The van der Waals surface area contributed by atoms with Gasteiger partial charge in [-0.05, 0) is 18.2 Å². The molecule has 0 atom stereocenters. The molecule has 0 radical (unpaired) electrons. The van der Waals surface area contributed by atoms with Gasteiger partial charge in [0.05, 0.1) is 17.3 Å². The zero-order valence-corrected chi connectivity index (χ0v) is 9.96. The van der Waals surface area contributed by atoms with E-state index in [0.717, 1.165) is 6.07 Å². The van der Waals surface area contributed by atoms with Crippen LogP contribution in [-0.4, -0.2) is 25.9 Å². The third-order valence-electron chi connectivity index (χ3n) is 1.80. The van der Waals surface area contributed by atoms with E-state index in [-0.39, 0.29) is 11.3 Å². The molecule has 1 aromatic rings. The molecule has 0 spiro atoms. The van der Waals surface area contributed by atoms with Crippen LogP contribution < -0.4 is 4.72 Å². The van der Waals surface area contributed by atoms with Crippen molar-refractivity contribution < 1.29 is 17.9 Å². The Morgan fingerprint density at radius 1 is 1.44 bits per heavy atom. The highest BCUT2D eigenvalue weighted by atomic mass is 32.2. The molecule has 0 unspecified atom stereocenters. The molecule has 2 N–H and O–H groups in total. The second kappa shape index (κ2) is 6.01. The van der Waals surface area contributed by atoms with Crippen LogP contribution in [0.1, 0.15) is 5.56 Å². The highest BCUT2D eigenvalue weighted by molar-refractivity contribution is 7.92. The van der Waals surface area contributed by atoms with Crippen LogP contribution in [0.2, 0.25) is 0 Å². The van der Waals surface area contributed by atoms with Crippen molar-refractivity contribution >= 4 is 15.7 Å². The molecule has 0 heterocycles.